The average molecular weight is 243 g/mol. The lowest BCUT2D eigenvalue weighted by Gasteiger charge is -1.99. The van der Waals surface area contributed by atoms with Gasteiger partial charge in [0.1, 0.15) is 0 Å². The molecule has 0 atom stereocenters. The Morgan fingerprint density at radius 2 is 1.89 bits per heavy atom. The lowest BCUT2D eigenvalue weighted by molar-refractivity contribution is 0.0526. The number of aromatic nitrogens is 1. The SMILES string of the molecule is CCOC(=O)c1cc(-c2ccc(C)cc2)[nH]c1C. The van der Waals surface area contributed by atoms with E-state index in [4.69, 9.17) is 4.74 Å². The average Bonchev–Trinajstić information content (AvgIpc) is 2.72. The maximum Gasteiger partial charge on any atom is 0.339 e. The first-order valence-electron chi connectivity index (χ1n) is 6.05. The highest BCUT2D eigenvalue weighted by Crippen LogP contribution is 2.22. The van der Waals surface area contributed by atoms with Crippen LogP contribution in [0.5, 0.6) is 0 Å². The minimum absolute atomic E-state index is 0.274. The molecule has 0 spiro atoms. The molecule has 0 saturated heterocycles. The Kier molecular flexibility index (Phi) is 3.51. The summed E-state index contributed by atoms with van der Waals surface area (Å²) in [5.74, 6) is -0.274. The number of nitrogens with one attached hydrogen (secondary N) is 1. The third-order valence-corrected chi connectivity index (χ3v) is 2.87. The zero-order valence-electron chi connectivity index (χ0n) is 10.9. The van der Waals surface area contributed by atoms with E-state index in [1.54, 1.807) is 6.92 Å². The molecule has 0 bridgehead atoms. The van der Waals surface area contributed by atoms with Gasteiger partial charge in [0.05, 0.1) is 12.2 Å². The van der Waals surface area contributed by atoms with Crippen molar-refractivity contribution in [2.75, 3.05) is 6.61 Å². The highest BCUT2D eigenvalue weighted by molar-refractivity contribution is 5.92. The van der Waals surface area contributed by atoms with Gasteiger partial charge in [-0.1, -0.05) is 29.8 Å². The summed E-state index contributed by atoms with van der Waals surface area (Å²) in [6.45, 7) is 6.13. The third-order valence-electron chi connectivity index (χ3n) is 2.87. The summed E-state index contributed by atoms with van der Waals surface area (Å²) in [5.41, 5.74) is 4.67. The van der Waals surface area contributed by atoms with Crippen molar-refractivity contribution in [2.45, 2.75) is 20.8 Å². The summed E-state index contributed by atoms with van der Waals surface area (Å²) in [7, 11) is 0. The minimum atomic E-state index is -0.274. The molecule has 0 aliphatic rings. The molecule has 1 N–H and O–H groups in total. The van der Waals surface area contributed by atoms with Crippen molar-refractivity contribution < 1.29 is 9.53 Å². The molecule has 0 radical (unpaired) electrons. The highest BCUT2D eigenvalue weighted by atomic mass is 16.5. The smallest absolute Gasteiger partial charge is 0.339 e. The minimum Gasteiger partial charge on any atom is -0.462 e. The number of carbonyl (C=O) groups is 1. The lowest BCUT2D eigenvalue weighted by atomic mass is 10.1. The molecule has 3 heteroatoms. The number of benzene rings is 1. The van der Waals surface area contributed by atoms with Crippen LogP contribution in [0.3, 0.4) is 0 Å². The molecule has 0 unspecified atom stereocenters. The zero-order chi connectivity index (χ0) is 13.1. The van der Waals surface area contributed by atoms with Gasteiger partial charge in [-0.25, -0.2) is 4.79 Å². The van der Waals surface area contributed by atoms with Gasteiger partial charge in [0, 0.05) is 11.4 Å². The first-order valence-corrected chi connectivity index (χ1v) is 6.05. The maximum absolute atomic E-state index is 11.7. The summed E-state index contributed by atoms with van der Waals surface area (Å²) < 4.78 is 5.02. The van der Waals surface area contributed by atoms with Gasteiger partial charge in [-0.2, -0.15) is 0 Å². The molecule has 0 saturated carbocycles. The summed E-state index contributed by atoms with van der Waals surface area (Å²) in [5, 5.41) is 0. The van der Waals surface area contributed by atoms with Gasteiger partial charge in [0.25, 0.3) is 0 Å². The summed E-state index contributed by atoms with van der Waals surface area (Å²) in [4.78, 5) is 14.9. The topological polar surface area (TPSA) is 42.1 Å². The number of hydrogen-bond acceptors (Lipinski definition) is 2. The van der Waals surface area contributed by atoms with Crippen LogP contribution < -0.4 is 0 Å². The molecule has 2 rings (SSSR count). The molecule has 0 aliphatic heterocycles. The number of carbonyl (C=O) groups excluding carboxylic acids is 1. The molecular weight excluding hydrogens is 226 g/mol. The first kappa shape index (κ1) is 12.4. The van der Waals surface area contributed by atoms with Gasteiger partial charge < -0.3 is 9.72 Å². The van der Waals surface area contributed by atoms with E-state index >= 15 is 0 Å². The fourth-order valence-corrected chi connectivity index (χ4v) is 1.87. The molecule has 1 heterocycles. The number of rotatable bonds is 3. The molecule has 1 aromatic heterocycles. The van der Waals surface area contributed by atoms with Crippen molar-refractivity contribution in [1.82, 2.24) is 4.98 Å². The van der Waals surface area contributed by atoms with E-state index in [2.05, 4.69) is 17.1 Å². The number of ether oxygens (including phenoxy) is 1. The highest BCUT2D eigenvalue weighted by Gasteiger charge is 2.14. The largest absolute Gasteiger partial charge is 0.462 e. The normalized spacial score (nSPS) is 10.4. The van der Waals surface area contributed by atoms with Crippen molar-refractivity contribution >= 4 is 5.97 Å². The van der Waals surface area contributed by atoms with Crippen LogP contribution in [0.2, 0.25) is 0 Å². The molecule has 94 valence electrons. The van der Waals surface area contributed by atoms with Crippen LogP contribution in [0.25, 0.3) is 11.3 Å². The maximum atomic E-state index is 11.7. The van der Waals surface area contributed by atoms with Crippen molar-refractivity contribution in [3.8, 4) is 11.3 Å². The molecule has 0 amide bonds. The lowest BCUT2D eigenvalue weighted by Crippen LogP contribution is -2.04. The molecule has 3 nitrogen and oxygen atoms in total. The number of hydrogen-bond donors (Lipinski definition) is 1. The molecular formula is C15H17NO2. The number of H-pyrrole nitrogens is 1. The quantitative estimate of drug-likeness (QED) is 0.839. The molecule has 0 aliphatic carbocycles. The second-order valence-electron chi connectivity index (χ2n) is 4.31. The second-order valence-corrected chi connectivity index (χ2v) is 4.31. The van der Waals surface area contributed by atoms with E-state index in [-0.39, 0.29) is 5.97 Å². The van der Waals surface area contributed by atoms with Crippen LogP contribution in [0.15, 0.2) is 30.3 Å². The predicted octanol–water partition coefficient (Wildman–Crippen LogP) is 3.48. The van der Waals surface area contributed by atoms with Crippen molar-refractivity contribution in [3.63, 3.8) is 0 Å². The summed E-state index contributed by atoms with van der Waals surface area (Å²) in [6, 6.07) is 10.0. The first-order chi connectivity index (χ1) is 8.61. The Hall–Kier alpha value is -2.03. The Morgan fingerprint density at radius 3 is 2.50 bits per heavy atom. The van der Waals surface area contributed by atoms with E-state index in [9.17, 15) is 4.79 Å². The van der Waals surface area contributed by atoms with E-state index in [1.165, 1.54) is 5.56 Å². The zero-order valence-corrected chi connectivity index (χ0v) is 10.9. The van der Waals surface area contributed by atoms with Crippen LogP contribution in [-0.2, 0) is 4.74 Å². The summed E-state index contributed by atoms with van der Waals surface area (Å²) in [6.07, 6.45) is 0. The standard InChI is InChI=1S/C15H17NO2/c1-4-18-15(17)13-9-14(16-11(13)3)12-7-5-10(2)6-8-12/h5-9,16H,4H2,1-3H3. The van der Waals surface area contributed by atoms with Gasteiger partial charge in [-0.3, -0.25) is 0 Å². The fourth-order valence-electron chi connectivity index (χ4n) is 1.87. The van der Waals surface area contributed by atoms with Gasteiger partial charge in [0.2, 0.25) is 0 Å². The fraction of sp³-hybridized carbons (Fsp3) is 0.267. The number of aromatic amines is 1. The van der Waals surface area contributed by atoms with Crippen LogP contribution in [0, 0.1) is 13.8 Å². The Balaban J connectivity index is 2.34. The van der Waals surface area contributed by atoms with Crippen molar-refractivity contribution in [1.29, 1.82) is 0 Å². The Labute approximate surface area is 107 Å². The van der Waals surface area contributed by atoms with E-state index in [1.807, 2.05) is 32.0 Å². The summed E-state index contributed by atoms with van der Waals surface area (Å²) >= 11 is 0. The molecule has 18 heavy (non-hydrogen) atoms. The third kappa shape index (κ3) is 2.45. The number of esters is 1. The Morgan fingerprint density at radius 1 is 1.22 bits per heavy atom. The monoisotopic (exact) mass is 243 g/mol. The van der Waals surface area contributed by atoms with Crippen LogP contribution in [0.4, 0.5) is 0 Å². The van der Waals surface area contributed by atoms with E-state index in [0.717, 1.165) is 17.0 Å². The number of aryl methyl sites for hydroxylation is 2. The van der Waals surface area contributed by atoms with Crippen LogP contribution in [-0.4, -0.2) is 17.6 Å². The van der Waals surface area contributed by atoms with Gasteiger partial charge in [-0.05, 0) is 32.4 Å². The van der Waals surface area contributed by atoms with Crippen LogP contribution in [0.1, 0.15) is 28.5 Å². The van der Waals surface area contributed by atoms with Crippen molar-refractivity contribution in [2.24, 2.45) is 0 Å². The molecule has 1 aromatic carbocycles. The molecule has 0 fully saturated rings. The van der Waals surface area contributed by atoms with E-state index in [0.29, 0.717) is 12.2 Å². The van der Waals surface area contributed by atoms with Crippen LogP contribution >= 0.6 is 0 Å². The van der Waals surface area contributed by atoms with Gasteiger partial charge in [0.15, 0.2) is 0 Å². The second kappa shape index (κ2) is 5.08. The van der Waals surface area contributed by atoms with Crippen molar-refractivity contribution in [3.05, 3.63) is 47.2 Å². The Bertz CT molecular complexity index is 552. The van der Waals surface area contributed by atoms with Gasteiger partial charge >= 0.3 is 5.97 Å². The molecule has 2 aromatic rings. The van der Waals surface area contributed by atoms with Gasteiger partial charge in [-0.15, -0.1) is 0 Å². The van der Waals surface area contributed by atoms with E-state index < -0.39 is 0 Å². The predicted molar refractivity (Wildman–Crippen MR) is 71.7 cm³/mol.